The predicted octanol–water partition coefficient (Wildman–Crippen LogP) is 1.98. The Labute approximate surface area is 152 Å². The molecule has 2 heterocycles. The molecule has 0 spiro atoms. The van der Waals surface area contributed by atoms with E-state index in [1.54, 1.807) is 7.05 Å². The summed E-state index contributed by atoms with van der Waals surface area (Å²) in [5, 5.41) is 0.0453. The molecule has 1 aliphatic rings. The van der Waals surface area contributed by atoms with Crippen molar-refractivity contribution in [1.29, 1.82) is 0 Å². The van der Waals surface area contributed by atoms with Gasteiger partial charge in [-0.2, -0.15) is 4.31 Å². The molecule has 2 aromatic rings. The molecular weight excluding hydrogens is 364 g/mol. The van der Waals surface area contributed by atoms with Crippen LogP contribution in [0.4, 0.5) is 5.69 Å². The van der Waals surface area contributed by atoms with Gasteiger partial charge in [0.1, 0.15) is 10.9 Å². The van der Waals surface area contributed by atoms with E-state index in [0.29, 0.717) is 32.8 Å². The van der Waals surface area contributed by atoms with Gasteiger partial charge in [0.2, 0.25) is 5.03 Å². The standard InChI is InChI=1S/C16H21ClN4O3S/c1-3-24-14-7-5-4-6-13(14)20-8-10-21(11-9-20)25(22,23)16-15(17)19(2)12-18-16/h4-7,12H,3,8-11H2,1-2H3. The molecule has 1 fully saturated rings. The lowest BCUT2D eigenvalue weighted by Crippen LogP contribution is -2.48. The summed E-state index contributed by atoms with van der Waals surface area (Å²) in [6.45, 7) is 4.42. The molecule has 9 heteroatoms. The summed E-state index contributed by atoms with van der Waals surface area (Å²) < 4.78 is 34.1. The van der Waals surface area contributed by atoms with Crippen LogP contribution in [0.5, 0.6) is 5.75 Å². The molecule has 0 unspecified atom stereocenters. The van der Waals surface area contributed by atoms with Crippen LogP contribution in [0, 0.1) is 0 Å². The first-order chi connectivity index (χ1) is 11.9. The Kier molecular flexibility index (Phi) is 5.21. The second kappa shape index (κ2) is 7.23. The number of aryl methyl sites for hydroxylation is 1. The molecule has 136 valence electrons. The minimum atomic E-state index is -3.69. The first-order valence-electron chi connectivity index (χ1n) is 8.09. The Morgan fingerprint density at radius 3 is 2.48 bits per heavy atom. The summed E-state index contributed by atoms with van der Waals surface area (Å²) in [5.74, 6) is 0.814. The number of benzene rings is 1. The normalized spacial score (nSPS) is 16.2. The van der Waals surface area contributed by atoms with Gasteiger partial charge in [-0.3, -0.25) is 0 Å². The van der Waals surface area contributed by atoms with Crippen molar-refractivity contribution in [2.24, 2.45) is 7.05 Å². The molecule has 25 heavy (non-hydrogen) atoms. The summed E-state index contributed by atoms with van der Waals surface area (Å²) >= 11 is 6.06. The molecule has 1 aliphatic heterocycles. The molecule has 0 bridgehead atoms. The minimum Gasteiger partial charge on any atom is -0.492 e. The van der Waals surface area contributed by atoms with Crippen LogP contribution in [-0.2, 0) is 17.1 Å². The number of piperazine rings is 1. The number of imidazole rings is 1. The highest BCUT2D eigenvalue weighted by molar-refractivity contribution is 7.89. The first kappa shape index (κ1) is 18.0. The summed E-state index contributed by atoms with van der Waals surface area (Å²) in [4.78, 5) is 6.08. The van der Waals surface area contributed by atoms with Crippen molar-refractivity contribution in [2.75, 3.05) is 37.7 Å². The molecule has 0 radical (unpaired) electrons. The molecule has 1 aromatic carbocycles. The SMILES string of the molecule is CCOc1ccccc1N1CCN(S(=O)(=O)c2ncn(C)c2Cl)CC1. The van der Waals surface area contributed by atoms with Crippen molar-refractivity contribution in [1.82, 2.24) is 13.9 Å². The zero-order chi connectivity index (χ0) is 18.0. The van der Waals surface area contributed by atoms with Gasteiger partial charge in [0, 0.05) is 33.2 Å². The van der Waals surface area contributed by atoms with Crippen molar-refractivity contribution >= 4 is 27.3 Å². The molecule has 1 saturated heterocycles. The van der Waals surface area contributed by atoms with Crippen molar-refractivity contribution < 1.29 is 13.2 Å². The largest absolute Gasteiger partial charge is 0.492 e. The number of aromatic nitrogens is 2. The average molecular weight is 385 g/mol. The van der Waals surface area contributed by atoms with Gasteiger partial charge in [0.15, 0.2) is 0 Å². The van der Waals surface area contributed by atoms with Gasteiger partial charge in [0.05, 0.1) is 18.6 Å². The Morgan fingerprint density at radius 1 is 1.20 bits per heavy atom. The van der Waals surface area contributed by atoms with Gasteiger partial charge in [-0.15, -0.1) is 0 Å². The van der Waals surface area contributed by atoms with Crippen LogP contribution in [0.1, 0.15) is 6.92 Å². The number of rotatable bonds is 5. The van der Waals surface area contributed by atoms with E-state index >= 15 is 0 Å². The third-order valence-corrected chi connectivity index (χ3v) is 6.55. The van der Waals surface area contributed by atoms with Gasteiger partial charge < -0.3 is 14.2 Å². The van der Waals surface area contributed by atoms with Gasteiger partial charge in [-0.05, 0) is 19.1 Å². The summed E-state index contributed by atoms with van der Waals surface area (Å²) in [6, 6.07) is 7.80. The zero-order valence-corrected chi connectivity index (χ0v) is 15.8. The molecule has 0 saturated carbocycles. The fraction of sp³-hybridized carbons (Fsp3) is 0.438. The Morgan fingerprint density at radius 2 is 1.88 bits per heavy atom. The molecule has 0 N–H and O–H groups in total. The molecule has 7 nitrogen and oxygen atoms in total. The van der Waals surface area contributed by atoms with E-state index < -0.39 is 10.0 Å². The van der Waals surface area contributed by atoms with Crippen molar-refractivity contribution in [3.8, 4) is 5.75 Å². The third-order valence-electron chi connectivity index (χ3n) is 4.16. The number of nitrogens with zero attached hydrogens (tertiary/aromatic N) is 4. The van der Waals surface area contributed by atoms with E-state index in [2.05, 4.69) is 9.88 Å². The maximum Gasteiger partial charge on any atom is 0.263 e. The summed E-state index contributed by atoms with van der Waals surface area (Å²) in [5.41, 5.74) is 0.984. The van der Waals surface area contributed by atoms with Crippen LogP contribution in [-0.4, -0.2) is 55.1 Å². The molecule has 3 rings (SSSR count). The minimum absolute atomic E-state index is 0.0835. The van der Waals surface area contributed by atoms with Crippen LogP contribution in [0.3, 0.4) is 0 Å². The van der Waals surface area contributed by atoms with E-state index in [4.69, 9.17) is 16.3 Å². The lowest BCUT2D eigenvalue weighted by Gasteiger charge is -2.35. The molecule has 0 amide bonds. The number of hydrogen-bond acceptors (Lipinski definition) is 5. The van der Waals surface area contributed by atoms with Crippen LogP contribution in [0.25, 0.3) is 0 Å². The monoisotopic (exact) mass is 384 g/mol. The maximum absolute atomic E-state index is 12.8. The lowest BCUT2D eigenvalue weighted by molar-refractivity contribution is 0.336. The third kappa shape index (κ3) is 3.47. The van der Waals surface area contributed by atoms with Gasteiger partial charge in [-0.25, -0.2) is 13.4 Å². The van der Waals surface area contributed by atoms with E-state index in [0.717, 1.165) is 11.4 Å². The summed E-state index contributed by atoms with van der Waals surface area (Å²) in [7, 11) is -2.02. The Hall–Kier alpha value is -1.77. The van der Waals surface area contributed by atoms with Crippen molar-refractivity contribution in [2.45, 2.75) is 11.9 Å². The highest BCUT2D eigenvalue weighted by atomic mass is 35.5. The number of para-hydroxylation sites is 2. The Bertz CT molecular complexity index is 845. The van der Waals surface area contributed by atoms with E-state index in [1.165, 1.54) is 15.2 Å². The Balaban J connectivity index is 1.75. The van der Waals surface area contributed by atoms with Gasteiger partial charge in [-0.1, -0.05) is 23.7 Å². The number of halogens is 1. The van der Waals surface area contributed by atoms with Crippen LogP contribution in [0.2, 0.25) is 5.15 Å². The number of hydrogen-bond donors (Lipinski definition) is 0. The number of sulfonamides is 1. The van der Waals surface area contributed by atoms with Crippen LogP contribution in [0.15, 0.2) is 35.6 Å². The van der Waals surface area contributed by atoms with E-state index in [1.807, 2.05) is 31.2 Å². The molecule has 0 aliphatic carbocycles. The molecule has 0 atom stereocenters. The van der Waals surface area contributed by atoms with Crippen LogP contribution < -0.4 is 9.64 Å². The quantitative estimate of drug-likeness (QED) is 0.788. The first-order valence-corrected chi connectivity index (χ1v) is 9.90. The van der Waals surface area contributed by atoms with E-state index in [-0.39, 0.29) is 10.2 Å². The highest BCUT2D eigenvalue weighted by Crippen LogP contribution is 2.30. The van der Waals surface area contributed by atoms with Crippen molar-refractivity contribution in [3.05, 3.63) is 35.7 Å². The fourth-order valence-electron chi connectivity index (χ4n) is 2.85. The average Bonchev–Trinajstić information content (AvgIpc) is 2.96. The second-order valence-electron chi connectivity index (χ2n) is 5.74. The maximum atomic E-state index is 12.8. The van der Waals surface area contributed by atoms with Gasteiger partial charge in [0.25, 0.3) is 10.0 Å². The van der Waals surface area contributed by atoms with Crippen LogP contribution >= 0.6 is 11.6 Å². The number of anilines is 1. The van der Waals surface area contributed by atoms with Gasteiger partial charge >= 0.3 is 0 Å². The van der Waals surface area contributed by atoms with E-state index in [9.17, 15) is 8.42 Å². The molecular formula is C16H21ClN4O3S. The predicted molar refractivity (Wildman–Crippen MR) is 96.8 cm³/mol. The topological polar surface area (TPSA) is 67.7 Å². The zero-order valence-electron chi connectivity index (χ0n) is 14.2. The summed E-state index contributed by atoms with van der Waals surface area (Å²) in [6.07, 6.45) is 1.41. The molecule has 1 aromatic heterocycles. The highest BCUT2D eigenvalue weighted by Gasteiger charge is 2.33. The van der Waals surface area contributed by atoms with Crippen molar-refractivity contribution in [3.63, 3.8) is 0 Å². The number of ether oxygens (including phenoxy) is 1. The second-order valence-corrected chi connectivity index (χ2v) is 7.95. The lowest BCUT2D eigenvalue weighted by atomic mass is 10.2. The fourth-order valence-corrected chi connectivity index (χ4v) is 4.67. The smallest absolute Gasteiger partial charge is 0.263 e.